The van der Waals surface area contributed by atoms with E-state index in [1.807, 2.05) is 6.07 Å². The fourth-order valence-corrected chi connectivity index (χ4v) is 3.02. The van der Waals surface area contributed by atoms with Gasteiger partial charge < -0.3 is 5.73 Å². The molecule has 0 aliphatic rings. The van der Waals surface area contributed by atoms with E-state index in [2.05, 4.69) is 15.9 Å². The van der Waals surface area contributed by atoms with E-state index < -0.39 is 0 Å². The van der Waals surface area contributed by atoms with E-state index in [0.717, 1.165) is 5.56 Å². The van der Waals surface area contributed by atoms with Crippen LogP contribution in [0.4, 0.5) is 14.5 Å². The summed E-state index contributed by atoms with van der Waals surface area (Å²) in [4.78, 5) is 0.658. The summed E-state index contributed by atoms with van der Waals surface area (Å²) in [6.07, 6.45) is 0. The monoisotopic (exact) mass is 329 g/mol. The Bertz CT molecular complexity index is 573. The summed E-state index contributed by atoms with van der Waals surface area (Å²) in [5.41, 5.74) is 7.08. The number of hydrogen-bond acceptors (Lipinski definition) is 2. The fraction of sp³-hybridized carbons (Fsp3) is 0.0769. The van der Waals surface area contributed by atoms with Gasteiger partial charge >= 0.3 is 0 Å². The highest BCUT2D eigenvalue weighted by atomic mass is 79.9. The molecular formula is C13H10BrF2NS. The van der Waals surface area contributed by atoms with Gasteiger partial charge in [-0.25, -0.2) is 8.78 Å². The van der Waals surface area contributed by atoms with Crippen LogP contribution in [0.25, 0.3) is 0 Å². The second kappa shape index (κ2) is 5.71. The van der Waals surface area contributed by atoms with Crippen molar-refractivity contribution in [2.45, 2.75) is 10.6 Å². The van der Waals surface area contributed by atoms with Crippen LogP contribution >= 0.6 is 27.7 Å². The number of benzene rings is 2. The Morgan fingerprint density at radius 3 is 2.72 bits per heavy atom. The summed E-state index contributed by atoms with van der Waals surface area (Å²) < 4.78 is 26.8. The highest BCUT2D eigenvalue weighted by molar-refractivity contribution is 9.10. The first-order valence-corrected chi connectivity index (χ1v) is 6.96. The second-order valence-electron chi connectivity index (χ2n) is 3.68. The topological polar surface area (TPSA) is 26.0 Å². The molecule has 0 heterocycles. The van der Waals surface area contributed by atoms with Gasteiger partial charge in [0.2, 0.25) is 0 Å². The third kappa shape index (κ3) is 3.03. The first-order chi connectivity index (χ1) is 8.58. The molecule has 0 fully saturated rings. The molecule has 0 unspecified atom stereocenters. The molecule has 2 N–H and O–H groups in total. The molecular weight excluding hydrogens is 320 g/mol. The van der Waals surface area contributed by atoms with Crippen LogP contribution in [0.5, 0.6) is 0 Å². The van der Waals surface area contributed by atoms with Gasteiger partial charge in [0.05, 0.1) is 4.47 Å². The molecule has 0 saturated heterocycles. The fourth-order valence-electron chi connectivity index (χ4n) is 1.45. The minimum atomic E-state index is -0.329. The quantitative estimate of drug-likeness (QED) is 0.657. The maximum Gasteiger partial charge on any atom is 0.137 e. The van der Waals surface area contributed by atoms with Crippen molar-refractivity contribution in [1.29, 1.82) is 0 Å². The van der Waals surface area contributed by atoms with E-state index in [1.54, 1.807) is 6.07 Å². The lowest BCUT2D eigenvalue weighted by Gasteiger charge is -2.07. The van der Waals surface area contributed by atoms with Gasteiger partial charge in [-0.05, 0) is 45.8 Å². The highest BCUT2D eigenvalue weighted by Gasteiger charge is 2.07. The molecule has 94 valence electrons. The Labute approximate surface area is 117 Å². The molecule has 18 heavy (non-hydrogen) atoms. The van der Waals surface area contributed by atoms with Gasteiger partial charge in [-0.2, -0.15) is 0 Å². The minimum absolute atomic E-state index is 0.305. The summed E-state index contributed by atoms with van der Waals surface area (Å²) in [6.45, 7) is 0. The molecule has 0 amide bonds. The molecule has 1 nitrogen and oxygen atoms in total. The van der Waals surface area contributed by atoms with Crippen LogP contribution in [-0.2, 0) is 5.75 Å². The summed E-state index contributed by atoms with van der Waals surface area (Å²) >= 11 is 4.57. The highest BCUT2D eigenvalue weighted by Crippen LogP contribution is 2.31. The van der Waals surface area contributed by atoms with Crippen molar-refractivity contribution in [3.63, 3.8) is 0 Å². The SMILES string of the molecule is Nc1ccc(F)cc1SCc1cccc(F)c1Br. The molecule has 2 aromatic carbocycles. The zero-order valence-electron chi connectivity index (χ0n) is 9.29. The largest absolute Gasteiger partial charge is 0.398 e. The van der Waals surface area contributed by atoms with Crippen LogP contribution in [-0.4, -0.2) is 0 Å². The van der Waals surface area contributed by atoms with Gasteiger partial charge in [0, 0.05) is 16.3 Å². The predicted molar refractivity (Wildman–Crippen MR) is 74.5 cm³/mol. The summed E-state index contributed by atoms with van der Waals surface area (Å²) in [7, 11) is 0. The van der Waals surface area contributed by atoms with Crippen LogP contribution in [0, 0.1) is 11.6 Å². The van der Waals surface area contributed by atoms with Crippen LogP contribution in [0.3, 0.4) is 0 Å². The molecule has 0 bridgehead atoms. The average Bonchev–Trinajstić information content (AvgIpc) is 2.35. The molecule has 5 heteroatoms. The number of thioether (sulfide) groups is 1. The average molecular weight is 330 g/mol. The summed E-state index contributed by atoms with van der Waals surface area (Å²) in [5.74, 6) is -0.114. The van der Waals surface area contributed by atoms with E-state index in [4.69, 9.17) is 5.73 Å². The van der Waals surface area contributed by atoms with E-state index in [0.29, 0.717) is 20.8 Å². The van der Waals surface area contributed by atoms with Crippen molar-refractivity contribution >= 4 is 33.4 Å². The van der Waals surface area contributed by atoms with Crippen LogP contribution in [0.15, 0.2) is 45.8 Å². The zero-order chi connectivity index (χ0) is 13.1. The van der Waals surface area contributed by atoms with E-state index in [1.165, 1.54) is 36.0 Å². The van der Waals surface area contributed by atoms with Gasteiger partial charge in [-0.15, -0.1) is 11.8 Å². The first-order valence-electron chi connectivity index (χ1n) is 5.18. The zero-order valence-corrected chi connectivity index (χ0v) is 11.7. The second-order valence-corrected chi connectivity index (χ2v) is 5.49. The molecule has 0 aliphatic carbocycles. The van der Waals surface area contributed by atoms with Gasteiger partial charge in [0.15, 0.2) is 0 Å². The standard InChI is InChI=1S/C13H10BrF2NS/c14-13-8(2-1-3-10(13)16)7-18-12-6-9(15)4-5-11(12)17/h1-6H,7,17H2. The lowest BCUT2D eigenvalue weighted by molar-refractivity contribution is 0.619. The van der Waals surface area contributed by atoms with Gasteiger partial charge in [-0.3, -0.25) is 0 Å². The molecule has 2 aromatic rings. The molecule has 0 aliphatic heterocycles. The Morgan fingerprint density at radius 1 is 1.17 bits per heavy atom. The van der Waals surface area contributed by atoms with E-state index in [9.17, 15) is 8.78 Å². The number of anilines is 1. The van der Waals surface area contributed by atoms with E-state index >= 15 is 0 Å². The molecule has 0 saturated carbocycles. The Balaban J connectivity index is 2.16. The smallest absolute Gasteiger partial charge is 0.137 e. The molecule has 0 atom stereocenters. The van der Waals surface area contributed by atoms with Crippen LogP contribution in [0.1, 0.15) is 5.56 Å². The minimum Gasteiger partial charge on any atom is -0.398 e. The third-order valence-electron chi connectivity index (χ3n) is 2.39. The first kappa shape index (κ1) is 13.4. The maximum absolute atomic E-state index is 13.3. The number of rotatable bonds is 3. The van der Waals surface area contributed by atoms with E-state index in [-0.39, 0.29) is 11.6 Å². The number of hydrogen-bond donors (Lipinski definition) is 1. The third-order valence-corrected chi connectivity index (χ3v) is 4.40. The number of halogens is 3. The molecule has 0 spiro atoms. The van der Waals surface area contributed by atoms with Crippen molar-refractivity contribution in [2.75, 3.05) is 5.73 Å². The summed E-state index contributed by atoms with van der Waals surface area (Å²) in [6, 6.07) is 9.07. The summed E-state index contributed by atoms with van der Waals surface area (Å²) in [5, 5.41) is 0. The van der Waals surface area contributed by atoms with Crippen molar-refractivity contribution < 1.29 is 8.78 Å². The Morgan fingerprint density at radius 2 is 1.94 bits per heavy atom. The Kier molecular flexibility index (Phi) is 4.24. The lowest BCUT2D eigenvalue weighted by Crippen LogP contribution is -1.91. The predicted octanol–water partition coefficient (Wildman–Crippen LogP) is 4.60. The van der Waals surface area contributed by atoms with Gasteiger partial charge in [0.1, 0.15) is 11.6 Å². The number of nitrogen functional groups attached to an aromatic ring is 1. The van der Waals surface area contributed by atoms with Crippen LogP contribution < -0.4 is 5.73 Å². The van der Waals surface area contributed by atoms with Crippen LogP contribution in [0.2, 0.25) is 0 Å². The molecule has 0 radical (unpaired) electrons. The van der Waals surface area contributed by atoms with Gasteiger partial charge in [-0.1, -0.05) is 12.1 Å². The molecule has 0 aromatic heterocycles. The lowest BCUT2D eigenvalue weighted by atomic mass is 10.2. The number of nitrogens with two attached hydrogens (primary N) is 1. The van der Waals surface area contributed by atoms with Crippen molar-refractivity contribution in [3.8, 4) is 0 Å². The van der Waals surface area contributed by atoms with Gasteiger partial charge in [0.25, 0.3) is 0 Å². The Hall–Kier alpha value is -1.07. The van der Waals surface area contributed by atoms with Crippen molar-refractivity contribution in [1.82, 2.24) is 0 Å². The molecule has 2 rings (SSSR count). The maximum atomic E-state index is 13.3. The normalized spacial score (nSPS) is 10.6. The van der Waals surface area contributed by atoms with Crippen molar-refractivity contribution in [2.24, 2.45) is 0 Å². The van der Waals surface area contributed by atoms with Crippen molar-refractivity contribution in [3.05, 3.63) is 58.1 Å².